The number of aliphatic hydroxyl groups excluding tert-OH is 1. The summed E-state index contributed by atoms with van der Waals surface area (Å²) in [6.45, 7) is 0. The van der Waals surface area contributed by atoms with Crippen molar-refractivity contribution in [1.82, 2.24) is 9.38 Å². The molecule has 0 spiro atoms. The minimum absolute atomic E-state index is 0.0888. The van der Waals surface area contributed by atoms with Gasteiger partial charge in [-0.25, -0.2) is 13.8 Å². The molecule has 3 nitrogen and oxygen atoms in total. The Morgan fingerprint density at radius 3 is 2.68 bits per heavy atom. The molecule has 1 unspecified atom stereocenters. The second-order valence-electron chi connectivity index (χ2n) is 6.76. The van der Waals surface area contributed by atoms with Crippen LogP contribution in [0.2, 0.25) is 0 Å². The standard InChI is InChI=1S/C16H20F2N2OS/c17-16(18)6-11(7-16)15-13(20-9-19-8-12(20)22-15)14(21)10-4-2-1-3-5-10/h8-11,14,21H,1-7H2. The lowest BCUT2D eigenvalue weighted by Gasteiger charge is -2.36. The van der Waals surface area contributed by atoms with Gasteiger partial charge in [0.1, 0.15) is 11.2 Å². The topological polar surface area (TPSA) is 37.5 Å². The highest BCUT2D eigenvalue weighted by Crippen LogP contribution is 2.52. The van der Waals surface area contributed by atoms with E-state index in [1.807, 2.05) is 4.40 Å². The molecule has 2 aliphatic carbocycles. The van der Waals surface area contributed by atoms with Gasteiger partial charge in [-0.3, -0.25) is 4.40 Å². The molecule has 1 N–H and O–H groups in total. The first-order valence-electron chi connectivity index (χ1n) is 8.06. The Hall–Kier alpha value is -1.01. The molecule has 2 saturated carbocycles. The van der Waals surface area contributed by atoms with Gasteiger partial charge in [0, 0.05) is 23.6 Å². The maximum Gasteiger partial charge on any atom is 0.249 e. The van der Waals surface area contributed by atoms with E-state index in [0.717, 1.165) is 41.1 Å². The van der Waals surface area contributed by atoms with Crippen LogP contribution in [0.1, 0.15) is 67.5 Å². The van der Waals surface area contributed by atoms with Crippen LogP contribution in [0, 0.1) is 5.92 Å². The fourth-order valence-corrected chi connectivity index (χ4v) is 5.16. The molecule has 120 valence electrons. The second-order valence-corrected chi connectivity index (χ2v) is 7.82. The summed E-state index contributed by atoms with van der Waals surface area (Å²) in [5.74, 6) is -2.41. The molecule has 0 bridgehead atoms. The molecule has 0 saturated heterocycles. The van der Waals surface area contributed by atoms with E-state index in [4.69, 9.17) is 0 Å². The average Bonchev–Trinajstić information content (AvgIpc) is 3.05. The number of aliphatic hydroxyl groups is 1. The number of rotatable bonds is 3. The number of imidazole rings is 1. The molecule has 2 fully saturated rings. The van der Waals surface area contributed by atoms with Crippen LogP contribution in [0.3, 0.4) is 0 Å². The molecule has 4 rings (SSSR count). The van der Waals surface area contributed by atoms with Crippen molar-refractivity contribution < 1.29 is 13.9 Å². The smallest absolute Gasteiger partial charge is 0.249 e. The van der Waals surface area contributed by atoms with Crippen molar-refractivity contribution in [2.24, 2.45) is 5.92 Å². The van der Waals surface area contributed by atoms with Gasteiger partial charge in [0.25, 0.3) is 0 Å². The molecule has 0 radical (unpaired) electrons. The van der Waals surface area contributed by atoms with Gasteiger partial charge in [-0.1, -0.05) is 19.3 Å². The summed E-state index contributed by atoms with van der Waals surface area (Å²) in [4.78, 5) is 6.02. The predicted molar refractivity (Wildman–Crippen MR) is 81.5 cm³/mol. The minimum atomic E-state index is -2.53. The molecule has 0 aromatic carbocycles. The molecule has 2 aromatic heterocycles. The lowest BCUT2D eigenvalue weighted by atomic mass is 9.77. The third kappa shape index (κ3) is 2.36. The number of alkyl halides is 2. The summed E-state index contributed by atoms with van der Waals surface area (Å²) in [6.07, 6.45) is 8.28. The van der Waals surface area contributed by atoms with Gasteiger partial charge in [-0.15, -0.1) is 11.3 Å². The molecule has 0 aliphatic heterocycles. The zero-order valence-electron chi connectivity index (χ0n) is 12.3. The van der Waals surface area contributed by atoms with E-state index < -0.39 is 12.0 Å². The van der Waals surface area contributed by atoms with Crippen molar-refractivity contribution >= 4 is 16.2 Å². The highest BCUT2D eigenvalue weighted by atomic mass is 32.1. The van der Waals surface area contributed by atoms with Crippen molar-refractivity contribution in [3.63, 3.8) is 0 Å². The summed E-state index contributed by atoms with van der Waals surface area (Å²) in [5, 5.41) is 10.9. The molecule has 6 heteroatoms. The zero-order chi connectivity index (χ0) is 15.3. The SMILES string of the molecule is OC(c1c(C2CC(F)(F)C2)sc2cncn12)C1CCCCC1. The van der Waals surface area contributed by atoms with E-state index >= 15 is 0 Å². The first-order valence-corrected chi connectivity index (χ1v) is 8.87. The van der Waals surface area contributed by atoms with Crippen LogP contribution in [-0.2, 0) is 0 Å². The summed E-state index contributed by atoms with van der Waals surface area (Å²) in [7, 11) is 0. The number of halogens is 2. The third-order valence-corrected chi connectivity index (χ3v) is 6.44. The Morgan fingerprint density at radius 2 is 2.00 bits per heavy atom. The Balaban J connectivity index is 1.69. The van der Waals surface area contributed by atoms with Crippen molar-refractivity contribution in [1.29, 1.82) is 0 Å². The highest BCUT2D eigenvalue weighted by molar-refractivity contribution is 7.17. The fraction of sp³-hybridized carbons (Fsp3) is 0.688. The predicted octanol–water partition coefficient (Wildman–Crippen LogP) is 4.52. The Bertz CT molecular complexity index is 667. The van der Waals surface area contributed by atoms with E-state index in [1.165, 1.54) is 17.8 Å². The normalized spacial score (nSPS) is 24.5. The molecule has 1 atom stereocenters. The number of thiazole rings is 1. The number of nitrogens with zero attached hydrogens (tertiary/aromatic N) is 2. The maximum atomic E-state index is 13.3. The minimum Gasteiger partial charge on any atom is -0.387 e. The van der Waals surface area contributed by atoms with Crippen molar-refractivity contribution in [2.45, 2.75) is 62.9 Å². The van der Waals surface area contributed by atoms with Crippen LogP contribution < -0.4 is 0 Å². The van der Waals surface area contributed by atoms with E-state index in [-0.39, 0.29) is 24.7 Å². The van der Waals surface area contributed by atoms with Gasteiger partial charge >= 0.3 is 0 Å². The summed E-state index contributed by atoms with van der Waals surface area (Å²) < 4.78 is 28.4. The molecule has 2 aromatic rings. The van der Waals surface area contributed by atoms with Gasteiger partial charge in [-0.2, -0.15) is 0 Å². The van der Waals surface area contributed by atoms with E-state index in [2.05, 4.69) is 4.98 Å². The van der Waals surface area contributed by atoms with E-state index in [1.54, 1.807) is 12.5 Å². The van der Waals surface area contributed by atoms with Crippen LogP contribution in [0.15, 0.2) is 12.5 Å². The number of hydrogen-bond acceptors (Lipinski definition) is 3. The quantitative estimate of drug-likeness (QED) is 0.900. The van der Waals surface area contributed by atoms with Crippen molar-refractivity contribution in [3.8, 4) is 0 Å². The number of fused-ring (bicyclic) bond motifs is 1. The van der Waals surface area contributed by atoms with Crippen LogP contribution in [-0.4, -0.2) is 20.4 Å². The average molecular weight is 326 g/mol. The highest BCUT2D eigenvalue weighted by Gasteiger charge is 2.48. The monoisotopic (exact) mass is 326 g/mol. The molecule has 2 aliphatic rings. The molecular weight excluding hydrogens is 306 g/mol. The van der Waals surface area contributed by atoms with Crippen molar-refractivity contribution in [3.05, 3.63) is 23.1 Å². The number of aromatic nitrogens is 2. The molecular formula is C16H20F2N2OS. The zero-order valence-corrected chi connectivity index (χ0v) is 13.2. The molecule has 0 amide bonds. The van der Waals surface area contributed by atoms with Gasteiger partial charge in [-0.05, 0) is 18.8 Å². The van der Waals surface area contributed by atoms with Gasteiger partial charge in [0.15, 0.2) is 0 Å². The van der Waals surface area contributed by atoms with Crippen molar-refractivity contribution in [2.75, 3.05) is 0 Å². The fourth-order valence-electron chi connectivity index (χ4n) is 3.92. The van der Waals surface area contributed by atoms with Gasteiger partial charge in [0.05, 0.1) is 18.0 Å². The summed E-state index contributed by atoms with van der Waals surface area (Å²) in [5.41, 5.74) is 0.824. The van der Waals surface area contributed by atoms with Crippen LogP contribution in [0.5, 0.6) is 0 Å². The van der Waals surface area contributed by atoms with Crippen LogP contribution >= 0.6 is 11.3 Å². The molecule has 2 heterocycles. The Labute approximate surface area is 132 Å². The second kappa shape index (κ2) is 5.27. The summed E-state index contributed by atoms with van der Waals surface area (Å²) in [6, 6.07) is 0. The lowest BCUT2D eigenvalue weighted by Crippen LogP contribution is -2.34. The van der Waals surface area contributed by atoms with E-state index in [0.29, 0.717) is 0 Å². The largest absolute Gasteiger partial charge is 0.387 e. The third-order valence-electron chi connectivity index (χ3n) is 5.17. The van der Waals surface area contributed by atoms with Crippen LogP contribution in [0.4, 0.5) is 8.78 Å². The number of hydrogen-bond donors (Lipinski definition) is 1. The van der Waals surface area contributed by atoms with Crippen LogP contribution in [0.25, 0.3) is 4.83 Å². The van der Waals surface area contributed by atoms with E-state index in [9.17, 15) is 13.9 Å². The first-order chi connectivity index (χ1) is 10.6. The lowest BCUT2D eigenvalue weighted by molar-refractivity contribution is -0.0866. The molecule has 22 heavy (non-hydrogen) atoms. The van der Waals surface area contributed by atoms with Gasteiger partial charge < -0.3 is 5.11 Å². The van der Waals surface area contributed by atoms with Gasteiger partial charge in [0.2, 0.25) is 5.92 Å². The Kier molecular flexibility index (Phi) is 3.49. The Morgan fingerprint density at radius 1 is 1.27 bits per heavy atom. The summed E-state index contributed by atoms with van der Waals surface area (Å²) >= 11 is 1.51. The maximum absolute atomic E-state index is 13.3. The first kappa shape index (κ1) is 14.6.